The third kappa shape index (κ3) is 7.61. The van der Waals surface area contributed by atoms with Crippen molar-refractivity contribution >= 4 is 48.3 Å². The zero-order valence-electron chi connectivity index (χ0n) is 23.7. The summed E-state index contributed by atoms with van der Waals surface area (Å²) in [6.45, 7) is 2.92. The molecule has 0 unspecified atom stereocenters. The second-order valence-electron chi connectivity index (χ2n) is 10.3. The van der Waals surface area contributed by atoms with Crippen molar-refractivity contribution in [3.63, 3.8) is 0 Å². The van der Waals surface area contributed by atoms with Crippen LogP contribution in [0.4, 0.5) is 5.13 Å². The van der Waals surface area contributed by atoms with Gasteiger partial charge in [-0.15, -0.1) is 0 Å². The van der Waals surface area contributed by atoms with Crippen LogP contribution in [0.25, 0.3) is 10.3 Å². The van der Waals surface area contributed by atoms with Crippen molar-refractivity contribution in [2.75, 3.05) is 58.2 Å². The van der Waals surface area contributed by atoms with E-state index in [0.717, 1.165) is 19.4 Å². The number of amides is 1. The number of hydrogen-bond acceptors (Lipinski definition) is 12. The molecule has 1 aromatic carbocycles. The first-order chi connectivity index (χ1) is 20.3. The highest BCUT2D eigenvalue weighted by Crippen LogP contribution is 2.27. The van der Waals surface area contributed by atoms with E-state index in [-0.39, 0.29) is 22.5 Å². The number of nitrogens with one attached hydrogen (secondary N) is 1. The van der Waals surface area contributed by atoms with E-state index in [1.807, 2.05) is 6.07 Å². The molecule has 12 nitrogen and oxygen atoms in total. The number of anilines is 1. The van der Waals surface area contributed by atoms with Gasteiger partial charge in [-0.05, 0) is 51.1 Å². The molecule has 226 valence electrons. The summed E-state index contributed by atoms with van der Waals surface area (Å²) in [4.78, 5) is 31.2. The smallest absolute Gasteiger partial charge is 0.280 e. The van der Waals surface area contributed by atoms with Crippen LogP contribution in [0.2, 0.25) is 0 Å². The topological polar surface area (TPSA) is 142 Å². The van der Waals surface area contributed by atoms with Crippen LogP contribution < -0.4 is 10.1 Å². The van der Waals surface area contributed by atoms with Gasteiger partial charge in [0.2, 0.25) is 5.88 Å². The average molecular weight is 618 g/mol. The highest BCUT2D eigenvalue weighted by molar-refractivity contribution is 7.91. The van der Waals surface area contributed by atoms with E-state index in [9.17, 15) is 13.2 Å². The number of hydrogen-bond donors (Lipinski definition) is 1. The molecule has 3 aromatic rings. The second-order valence-corrected chi connectivity index (χ2v) is 13.3. The first-order valence-electron chi connectivity index (χ1n) is 13.9. The van der Waals surface area contributed by atoms with Crippen LogP contribution in [0.15, 0.2) is 46.4 Å². The fraction of sp³-hybridized carbons (Fsp3) is 0.500. The first-order valence-corrected chi connectivity index (χ1v) is 16.3. The van der Waals surface area contributed by atoms with Gasteiger partial charge in [-0.2, -0.15) is 0 Å². The summed E-state index contributed by atoms with van der Waals surface area (Å²) in [5.74, 6) is -0.0805. The van der Waals surface area contributed by atoms with Crippen LogP contribution in [-0.2, 0) is 28.9 Å². The fourth-order valence-electron chi connectivity index (χ4n) is 4.74. The first kappa shape index (κ1) is 30.3. The Morgan fingerprint density at radius 3 is 2.74 bits per heavy atom. The number of likely N-dealkylation sites (tertiary alicyclic amines) is 1. The predicted octanol–water partition coefficient (Wildman–Crippen LogP) is 3.12. The van der Waals surface area contributed by atoms with Crippen molar-refractivity contribution < 1.29 is 32.3 Å². The standard InChI is InChI=1S/C28H35N5O7S2/c1-33-13-3-5-20(33)17-39-24-11-10-23-27(30-24)41-28(29-23)31-26(34)25(32-40-21-12-15-38-18-21)19-6-8-22(9-7-19)42(35,36)16-4-14-37-2/h6-11,20-21H,3-5,12-18H2,1-2H3,(H,29,31,34)/t20-,21+/m0/s1. The third-order valence-corrected chi connectivity index (χ3v) is 9.89. The number of carbonyl (C=O) groups is 1. The third-order valence-electron chi connectivity index (χ3n) is 7.19. The van der Waals surface area contributed by atoms with E-state index in [0.29, 0.717) is 72.2 Å². The number of carbonyl (C=O) groups excluding carboxylic acids is 1. The molecule has 0 bridgehead atoms. The van der Waals surface area contributed by atoms with Gasteiger partial charge in [-0.1, -0.05) is 28.6 Å². The average Bonchev–Trinajstić information content (AvgIpc) is 3.73. The van der Waals surface area contributed by atoms with Gasteiger partial charge in [0, 0.05) is 37.8 Å². The number of oxime groups is 1. The number of fused-ring (bicyclic) bond motifs is 1. The van der Waals surface area contributed by atoms with Crippen LogP contribution in [0.3, 0.4) is 0 Å². The van der Waals surface area contributed by atoms with Crippen molar-refractivity contribution in [2.45, 2.75) is 42.7 Å². The number of likely N-dealkylation sites (N-methyl/N-ethyl adjacent to an activating group) is 1. The molecule has 2 fully saturated rings. The fourth-order valence-corrected chi connectivity index (χ4v) is 6.85. The zero-order chi connectivity index (χ0) is 29.5. The number of ether oxygens (including phenoxy) is 3. The maximum atomic E-state index is 13.4. The molecule has 14 heteroatoms. The van der Waals surface area contributed by atoms with E-state index >= 15 is 0 Å². The van der Waals surface area contributed by atoms with Gasteiger partial charge >= 0.3 is 0 Å². The van der Waals surface area contributed by atoms with Crippen LogP contribution in [0, 0.1) is 0 Å². The minimum absolute atomic E-state index is 0.0119. The summed E-state index contributed by atoms with van der Waals surface area (Å²) < 4.78 is 41.6. The largest absolute Gasteiger partial charge is 0.476 e. The quantitative estimate of drug-likeness (QED) is 0.173. The van der Waals surface area contributed by atoms with E-state index < -0.39 is 15.7 Å². The monoisotopic (exact) mass is 617 g/mol. The molecule has 2 atom stereocenters. The van der Waals surface area contributed by atoms with Gasteiger partial charge in [-0.25, -0.2) is 18.4 Å². The summed E-state index contributed by atoms with van der Waals surface area (Å²) in [7, 11) is 0.131. The molecule has 42 heavy (non-hydrogen) atoms. The summed E-state index contributed by atoms with van der Waals surface area (Å²) >= 11 is 1.22. The zero-order valence-corrected chi connectivity index (χ0v) is 25.3. The van der Waals surface area contributed by atoms with Crippen molar-refractivity contribution in [2.24, 2.45) is 5.16 Å². The number of nitrogens with zero attached hydrogens (tertiary/aromatic N) is 4. The molecular formula is C28H35N5O7S2. The summed E-state index contributed by atoms with van der Waals surface area (Å²) in [6.07, 6.45) is 3.03. The molecule has 0 spiro atoms. The lowest BCUT2D eigenvalue weighted by atomic mass is 10.1. The van der Waals surface area contributed by atoms with E-state index in [1.165, 1.54) is 30.6 Å². The molecule has 2 aliphatic rings. The van der Waals surface area contributed by atoms with E-state index in [2.05, 4.69) is 32.4 Å². The number of sulfone groups is 1. The van der Waals surface area contributed by atoms with Crippen molar-refractivity contribution in [3.8, 4) is 5.88 Å². The Morgan fingerprint density at radius 1 is 1.19 bits per heavy atom. The molecule has 2 saturated heterocycles. The lowest BCUT2D eigenvalue weighted by Crippen LogP contribution is -2.30. The number of rotatable bonds is 13. The summed E-state index contributed by atoms with van der Waals surface area (Å²) in [5, 5.41) is 7.29. The van der Waals surface area contributed by atoms with Crippen LogP contribution in [-0.4, -0.2) is 99.9 Å². The normalized spacial score (nSPS) is 19.8. The van der Waals surface area contributed by atoms with Gasteiger partial charge in [0.25, 0.3) is 5.91 Å². The Kier molecular flexibility index (Phi) is 10.0. The lowest BCUT2D eigenvalue weighted by Gasteiger charge is -2.19. The van der Waals surface area contributed by atoms with Gasteiger partial charge in [-0.3, -0.25) is 10.1 Å². The highest BCUT2D eigenvalue weighted by atomic mass is 32.2. The van der Waals surface area contributed by atoms with Gasteiger partial charge < -0.3 is 23.9 Å². The molecular weight excluding hydrogens is 582 g/mol. The molecule has 0 radical (unpaired) electrons. The van der Waals surface area contributed by atoms with Gasteiger partial charge in [0.15, 0.2) is 26.8 Å². The minimum atomic E-state index is -3.50. The summed E-state index contributed by atoms with van der Waals surface area (Å²) in [5.41, 5.74) is 1.01. The van der Waals surface area contributed by atoms with Crippen molar-refractivity contribution in [1.29, 1.82) is 0 Å². The maximum absolute atomic E-state index is 13.4. The molecule has 4 heterocycles. The molecule has 1 N–H and O–H groups in total. The molecule has 0 saturated carbocycles. The van der Waals surface area contributed by atoms with E-state index in [1.54, 1.807) is 18.2 Å². The Labute approximate surface area is 248 Å². The lowest BCUT2D eigenvalue weighted by molar-refractivity contribution is -0.110. The Balaban J connectivity index is 1.31. The number of aromatic nitrogens is 2. The molecule has 0 aliphatic carbocycles. The van der Waals surface area contributed by atoms with Crippen LogP contribution in [0.1, 0.15) is 31.2 Å². The van der Waals surface area contributed by atoms with Gasteiger partial charge in [0.05, 0.1) is 23.9 Å². The Hall–Kier alpha value is -3.17. The number of methoxy groups -OCH3 is 1. The van der Waals surface area contributed by atoms with Crippen LogP contribution in [0.5, 0.6) is 5.88 Å². The molecule has 5 rings (SSSR count). The predicted molar refractivity (Wildman–Crippen MR) is 159 cm³/mol. The highest BCUT2D eigenvalue weighted by Gasteiger charge is 2.24. The number of benzene rings is 1. The van der Waals surface area contributed by atoms with E-state index in [4.69, 9.17) is 19.0 Å². The number of pyridine rings is 1. The molecule has 2 aromatic heterocycles. The maximum Gasteiger partial charge on any atom is 0.280 e. The SMILES string of the molecule is COCCCS(=O)(=O)c1ccc(C(=NO[C@@H]2CCOC2)C(=O)Nc2nc3ccc(OC[C@@H]4CCCN4C)nc3s2)cc1. The van der Waals surface area contributed by atoms with Gasteiger partial charge in [0.1, 0.15) is 17.0 Å². The van der Waals surface area contributed by atoms with Crippen molar-refractivity contribution in [3.05, 3.63) is 42.0 Å². The Morgan fingerprint density at radius 2 is 2.02 bits per heavy atom. The summed E-state index contributed by atoms with van der Waals surface area (Å²) in [6, 6.07) is 9.98. The molecule has 2 aliphatic heterocycles. The molecule has 1 amide bonds. The number of thiazole rings is 1. The van der Waals surface area contributed by atoms with Crippen molar-refractivity contribution in [1.82, 2.24) is 14.9 Å². The van der Waals surface area contributed by atoms with Crippen LogP contribution >= 0.6 is 11.3 Å². The Bertz CT molecular complexity index is 1500. The second kappa shape index (κ2) is 13.9. The minimum Gasteiger partial charge on any atom is -0.476 e.